The molecule has 2 rings (SSSR count). The van der Waals surface area contributed by atoms with E-state index in [0.717, 1.165) is 31.2 Å². The lowest BCUT2D eigenvalue weighted by Gasteiger charge is -2.25. The molecule has 1 saturated carbocycles. The van der Waals surface area contributed by atoms with Gasteiger partial charge in [0, 0.05) is 6.42 Å². The van der Waals surface area contributed by atoms with Gasteiger partial charge in [-0.1, -0.05) is 49.6 Å². The summed E-state index contributed by atoms with van der Waals surface area (Å²) in [5.74, 6) is -0.857. The normalized spacial score (nSPS) is 18.4. The molecule has 1 aromatic rings. The molecule has 0 heterocycles. The van der Waals surface area contributed by atoms with E-state index in [9.17, 15) is 9.90 Å². The molecule has 1 fully saturated rings. The molecule has 3 nitrogen and oxygen atoms in total. The molecule has 0 saturated heterocycles. The highest BCUT2D eigenvalue weighted by atomic mass is 16.5. The monoisotopic (exact) mass is 248 g/mol. The summed E-state index contributed by atoms with van der Waals surface area (Å²) in [5, 5.41) is 9.24. The highest BCUT2D eigenvalue weighted by Gasteiger charge is 2.24. The Morgan fingerprint density at radius 1 is 1.22 bits per heavy atom. The molecule has 0 bridgehead atoms. The largest absolute Gasteiger partial charge is 0.479 e. The molecular weight excluding hydrogens is 228 g/mol. The Kier molecular flexibility index (Phi) is 4.76. The second kappa shape index (κ2) is 6.55. The fourth-order valence-corrected chi connectivity index (χ4v) is 2.46. The zero-order chi connectivity index (χ0) is 12.8. The van der Waals surface area contributed by atoms with Gasteiger partial charge in [-0.15, -0.1) is 0 Å². The van der Waals surface area contributed by atoms with Gasteiger partial charge in [0.05, 0.1) is 6.10 Å². The fraction of sp³-hybridized carbons (Fsp3) is 0.533. The first-order valence-corrected chi connectivity index (χ1v) is 6.68. The molecule has 1 aromatic carbocycles. The number of ether oxygens (including phenoxy) is 1. The molecule has 98 valence electrons. The maximum absolute atomic E-state index is 11.3. The van der Waals surface area contributed by atoms with Gasteiger partial charge in [-0.2, -0.15) is 0 Å². The average Bonchev–Trinajstić information content (AvgIpc) is 2.40. The minimum absolute atomic E-state index is 0.128. The second-order valence-corrected chi connectivity index (χ2v) is 4.91. The standard InChI is InChI=1S/C15H20O3/c16-15(17)14(11-12-7-3-1-4-8-12)18-13-9-5-2-6-10-13/h1,3-4,7-8,13-14H,2,5-6,9-11H2,(H,16,17)/t14-/m0/s1. The van der Waals surface area contributed by atoms with Crippen LogP contribution in [0.1, 0.15) is 37.7 Å². The van der Waals surface area contributed by atoms with Crippen LogP contribution in [0.5, 0.6) is 0 Å². The summed E-state index contributed by atoms with van der Waals surface area (Å²) in [5.41, 5.74) is 1.01. The Morgan fingerprint density at radius 2 is 1.89 bits per heavy atom. The molecule has 3 heteroatoms. The van der Waals surface area contributed by atoms with Gasteiger partial charge in [0.2, 0.25) is 0 Å². The van der Waals surface area contributed by atoms with Crippen molar-refractivity contribution in [3.63, 3.8) is 0 Å². The third-order valence-electron chi connectivity index (χ3n) is 3.45. The van der Waals surface area contributed by atoms with E-state index in [1.54, 1.807) is 0 Å². The molecule has 18 heavy (non-hydrogen) atoms. The van der Waals surface area contributed by atoms with Crippen LogP contribution in [-0.2, 0) is 16.0 Å². The summed E-state index contributed by atoms with van der Waals surface area (Å²) in [6.07, 6.45) is 5.42. The Labute approximate surface area is 108 Å². The van der Waals surface area contributed by atoms with Crippen LogP contribution in [0, 0.1) is 0 Å². The van der Waals surface area contributed by atoms with Crippen molar-refractivity contribution in [3.05, 3.63) is 35.9 Å². The van der Waals surface area contributed by atoms with Crippen molar-refractivity contribution < 1.29 is 14.6 Å². The Bertz CT molecular complexity index is 369. The minimum atomic E-state index is -0.857. The van der Waals surface area contributed by atoms with Crippen molar-refractivity contribution in [3.8, 4) is 0 Å². The van der Waals surface area contributed by atoms with Crippen molar-refractivity contribution >= 4 is 5.97 Å². The van der Waals surface area contributed by atoms with E-state index in [-0.39, 0.29) is 6.10 Å². The van der Waals surface area contributed by atoms with E-state index in [1.165, 1.54) is 6.42 Å². The molecule has 0 unspecified atom stereocenters. The van der Waals surface area contributed by atoms with E-state index in [4.69, 9.17) is 4.74 Å². The quantitative estimate of drug-likeness (QED) is 0.871. The van der Waals surface area contributed by atoms with Crippen LogP contribution in [0.15, 0.2) is 30.3 Å². The van der Waals surface area contributed by atoms with Crippen LogP contribution < -0.4 is 0 Å². The van der Waals surface area contributed by atoms with Crippen LogP contribution in [0.4, 0.5) is 0 Å². The van der Waals surface area contributed by atoms with Gasteiger partial charge in [-0.25, -0.2) is 4.79 Å². The van der Waals surface area contributed by atoms with Crippen LogP contribution >= 0.6 is 0 Å². The lowest BCUT2D eigenvalue weighted by molar-refractivity contribution is -0.155. The van der Waals surface area contributed by atoms with Crippen molar-refractivity contribution in [1.29, 1.82) is 0 Å². The van der Waals surface area contributed by atoms with Crippen molar-refractivity contribution in [2.75, 3.05) is 0 Å². The predicted octanol–water partition coefficient (Wildman–Crippen LogP) is 3.03. The van der Waals surface area contributed by atoms with E-state index in [0.29, 0.717) is 6.42 Å². The third-order valence-corrected chi connectivity index (χ3v) is 3.45. The lowest BCUT2D eigenvalue weighted by Crippen LogP contribution is -2.32. The Balaban J connectivity index is 1.93. The van der Waals surface area contributed by atoms with Crippen LogP contribution in [0.2, 0.25) is 0 Å². The summed E-state index contributed by atoms with van der Waals surface area (Å²) < 4.78 is 5.76. The summed E-state index contributed by atoms with van der Waals surface area (Å²) in [6.45, 7) is 0. The number of carbonyl (C=O) groups is 1. The van der Waals surface area contributed by atoms with Gasteiger partial charge in [-0.3, -0.25) is 0 Å². The smallest absolute Gasteiger partial charge is 0.333 e. The molecule has 1 aliphatic carbocycles. The molecule has 0 spiro atoms. The molecule has 1 aliphatic rings. The summed E-state index contributed by atoms with van der Waals surface area (Å²) in [6, 6.07) is 9.67. The highest BCUT2D eigenvalue weighted by Crippen LogP contribution is 2.22. The summed E-state index contributed by atoms with van der Waals surface area (Å²) >= 11 is 0. The topological polar surface area (TPSA) is 46.5 Å². The first-order valence-electron chi connectivity index (χ1n) is 6.68. The first-order chi connectivity index (χ1) is 8.75. The zero-order valence-electron chi connectivity index (χ0n) is 10.5. The SMILES string of the molecule is O=C(O)[C@H](Cc1ccccc1)OC1CCCCC1. The molecule has 0 aromatic heterocycles. The van der Waals surface area contributed by atoms with Gasteiger partial charge in [0.15, 0.2) is 6.10 Å². The lowest BCUT2D eigenvalue weighted by atomic mass is 9.97. The van der Waals surface area contributed by atoms with Crippen LogP contribution in [0.3, 0.4) is 0 Å². The highest BCUT2D eigenvalue weighted by molar-refractivity contribution is 5.72. The van der Waals surface area contributed by atoms with E-state index in [2.05, 4.69) is 0 Å². The number of benzene rings is 1. The molecule has 1 atom stereocenters. The molecule has 1 N–H and O–H groups in total. The van der Waals surface area contributed by atoms with E-state index >= 15 is 0 Å². The van der Waals surface area contributed by atoms with Gasteiger partial charge in [0.1, 0.15) is 0 Å². The number of carboxylic acid groups (broad SMARTS) is 1. The summed E-state index contributed by atoms with van der Waals surface area (Å²) in [7, 11) is 0. The molecular formula is C15H20O3. The Morgan fingerprint density at radius 3 is 2.50 bits per heavy atom. The number of hydrogen-bond acceptors (Lipinski definition) is 2. The third kappa shape index (κ3) is 3.84. The van der Waals surface area contributed by atoms with Crippen LogP contribution in [0.25, 0.3) is 0 Å². The van der Waals surface area contributed by atoms with E-state index < -0.39 is 12.1 Å². The van der Waals surface area contributed by atoms with Crippen molar-refractivity contribution in [2.24, 2.45) is 0 Å². The van der Waals surface area contributed by atoms with Gasteiger partial charge >= 0.3 is 5.97 Å². The summed E-state index contributed by atoms with van der Waals surface area (Å²) in [4.78, 5) is 11.3. The number of hydrogen-bond donors (Lipinski definition) is 1. The first kappa shape index (κ1) is 13.1. The number of carboxylic acids is 1. The van der Waals surface area contributed by atoms with E-state index in [1.807, 2.05) is 30.3 Å². The maximum atomic E-state index is 11.3. The van der Waals surface area contributed by atoms with Crippen molar-refractivity contribution in [2.45, 2.75) is 50.7 Å². The number of rotatable bonds is 5. The van der Waals surface area contributed by atoms with Gasteiger partial charge in [-0.05, 0) is 18.4 Å². The van der Waals surface area contributed by atoms with Crippen LogP contribution in [-0.4, -0.2) is 23.3 Å². The predicted molar refractivity (Wildman–Crippen MR) is 69.5 cm³/mol. The molecule has 0 amide bonds. The number of aliphatic carboxylic acids is 1. The Hall–Kier alpha value is -1.35. The molecule has 0 radical (unpaired) electrons. The molecule has 0 aliphatic heterocycles. The van der Waals surface area contributed by atoms with Gasteiger partial charge in [0.25, 0.3) is 0 Å². The zero-order valence-corrected chi connectivity index (χ0v) is 10.5. The maximum Gasteiger partial charge on any atom is 0.333 e. The van der Waals surface area contributed by atoms with Gasteiger partial charge < -0.3 is 9.84 Å². The fourth-order valence-electron chi connectivity index (χ4n) is 2.46. The van der Waals surface area contributed by atoms with Crippen molar-refractivity contribution in [1.82, 2.24) is 0 Å². The average molecular weight is 248 g/mol. The minimum Gasteiger partial charge on any atom is -0.479 e. The second-order valence-electron chi connectivity index (χ2n) is 4.91.